The third-order valence-corrected chi connectivity index (χ3v) is 4.21. The minimum Gasteiger partial charge on any atom is -0.444 e. The van der Waals surface area contributed by atoms with Crippen LogP contribution in [-0.2, 0) is 14.2 Å². The number of ether oxygens (including phenoxy) is 3. The Morgan fingerprint density at radius 3 is 2.42 bits per heavy atom. The fourth-order valence-corrected chi connectivity index (χ4v) is 2.85. The van der Waals surface area contributed by atoms with Gasteiger partial charge in [0.25, 0.3) is 0 Å². The minimum absolute atomic E-state index is 0.0902. The van der Waals surface area contributed by atoms with Crippen LogP contribution in [0.15, 0.2) is 18.2 Å². The van der Waals surface area contributed by atoms with E-state index in [0.29, 0.717) is 29.9 Å². The van der Waals surface area contributed by atoms with Gasteiger partial charge >= 0.3 is 6.09 Å². The van der Waals surface area contributed by atoms with Crippen molar-refractivity contribution in [1.82, 2.24) is 4.90 Å². The molecule has 1 aromatic carbocycles. The van der Waals surface area contributed by atoms with Crippen LogP contribution in [0.4, 0.5) is 10.5 Å². The molecule has 1 aromatic rings. The number of rotatable bonds is 5. The number of likely N-dealkylation sites (tertiary alicyclic amines) is 1. The van der Waals surface area contributed by atoms with Gasteiger partial charge in [-0.3, -0.25) is 0 Å². The van der Waals surface area contributed by atoms with Gasteiger partial charge in [0.05, 0.1) is 12.7 Å². The summed E-state index contributed by atoms with van der Waals surface area (Å²) in [7, 11) is 3.01. The summed E-state index contributed by atoms with van der Waals surface area (Å²) in [5.74, 6) is -0.0902. The van der Waals surface area contributed by atoms with E-state index in [1.54, 1.807) is 23.1 Å². The molecule has 0 saturated carbocycles. The predicted molar refractivity (Wildman–Crippen MR) is 95.7 cm³/mol. The molecule has 7 heteroatoms. The second-order valence-electron chi connectivity index (χ2n) is 7.32. The first kappa shape index (κ1) is 20.2. The van der Waals surface area contributed by atoms with E-state index in [9.17, 15) is 9.90 Å². The Morgan fingerprint density at radius 1 is 1.31 bits per heavy atom. The molecule has 1 amide bonds. The average molecular weight is 362 g/mol. The SMILES string of the molecule is [C-]#[N+]c1cc(C(O)C2CN(C(=O)OC(C)(C)C)C2)ccc1C(OC)OC. The number of benzene rings is 1. The standard InChI is InChI=1S/C19H26N2O5/c1-19(2,3)26-18(23)21-10-13(11-21)16(22)12-7-8-14(15(9-12)20-4)17(24-5)25-6/h7-9,13,16-17,22H,10-11H2,1-3,5-6H3. The number of hydrogen-bond acceptors (Lipinski definition) is 5. The zero-order valence-electron chi connectivity index (χ0n) is 15.9. The first-order valence-electron chi connectivity index (χ1n) is 8.43. The van der Waals surface area contributed by atoms with Crippen LogP contribution < -0.4 is 0 Å². The third kappa shape index (κ3) is 4.52. The minimum atomic E-state index is -0.758. The number of methoxy groups -OCH3 is 2. The van der Waals surface area contributed by atoms with Crippen LogP contribution in [0.1, 0.15) is 44.3 Å². The predicted octanol–water partition coefficient (Wildman–Crippen LogP) is 3.43. The summed E-state index contributed by atoms with van der Waals surface area (Å²) in [5.41, 5.74) is 1.09. The highest BCUT2D eigenvalue weighted by molar-refractivity contribution is 5.69. The molecule has 142 valence electrons. The molecule has 1 atom stereocenters. The Bertz CT molecular complexity index is 682. The number of aliphatic hydroxyl groups is 1. The summed E-state index contributed by atoms with van der Waals surface area (Å²) in [6.07, 6.45) is -1.76. The van der Waals surface area contributed by atoms with Crippen LogP contribution in [0.5, 0.6) is 0 Å². The Kier molecular flexibility index (Phi) is 6.24. The van der Waals surface area contributed by atoms with Gasteiger partial charge in [-0.25, -0.2) is 9.64 Å². The topological polar surface area (TPSA) is 72.6 Å². The fourth-order valence-electron chi connectivity index (χ4n) is 2.85. The van der Waals surface area contributed by atoms with E-state index < -0.39 is 18.0 Å². The van der Waals surface area contributed by atoms with E-state index in [1.165, 1.54) is 14.2 Å². The second kappa shape index (κ2) is 8.04. The smallest absolute Gasteiger partial charge is 0.410 e. The molecule has 0 radical (unpaired) electrons. The average Bonchev–Trinajstić information content (AvgIpc) is 2.53. The highest BCUT2D eigenvalue weighted by Crippen LogP contribution is 2.35. The molecule has 0 aromatic heterocycles. The maximum absolute atomic E-state index is 12.0. The van der Waals surface area contributed by atoms with Gasteiger partial charge in [0, 0.05) is 38.8 Å². The van der Waals surface area contributed by atoms with Gasteiger partial charge < -0.3 is 24.2 Å². The number of carbonyl (C=O) groups excluding carboxylic acids is 1. The largest absolute Gasteiger partial charge is 0.444 e. The zero-order chi connectivity index (χ0) is 19.5. The van der Waals surface area contributed by atoms with Gasteiger partial charge in [-0.05, 0) is 26.3 Å². The van der Waals surface area contributed by atoms with Gasteiger partial charge in [0.1, 0.15) is 5.60 Å². The van der Waals surface area contributed by atoms with Crippen molar-refractivity contribution in [1.29, 1.82) is 0 Å². The van der Waals surface area contributed by atoms with Crippen molar-refractivity contribution in [2.75, 3.05) is 27.3 Å². The molecule has 1 N–H and O–H groups in total. The molecule has 7 nitrogen and oxygen atoms in total. The lowest BCUT2D eigenvalue weighted by molar-refractivity contribution is -0.105. The molecule has 0 aliphatic carbocycles. The van der Waals surface area contributed by atoms with Crippen LogP contribution in [0, 0.1) is 12.5 Å². The summed E-state index contributed by atoms with van der Waals surface area (Å²) in [6, 6.07) is 5.14. The molecule has 1 aliphatic rings. The third-order valence-electron chi connectivity index (χ3n) is 4.21. The number of hydrogen-bond donors (Lipinski definition) is 1. The lowest BCUT2D eigenvalue weighted by Gasteiger charge is -2.42. The molecule has 2 rings (SSSR count). The maximum atomic E-state index is 12.0. The van der Waals surface area contributed by atoms with Crippen LogP contribution in [0.2, 0.25) is 0 Å². The van der Waals surface area contributed by atoms with Crippen LogP contribution in [0.3, 0.4) is 0 Å². The van der Waals surface area contributed by atoms with Crippen molar-refractivity contribution in [3.05, 3.63) is 40.7 Å². The van der Waals surface area contributed by atoms with Crippen molar-refractivity contribution in [3.63, 3.8) is 0 Å². The van der Waals surface area contributed by atoms with E-state index in [1.807, 2.05) is 20.8 Å². The first-order valence-corrected chi connectivity index (χ1v) is 8.43. The van der Waals surface area contributed by atoms with Crippen molar-refractivity contribution in [2.24, 2.45) is 5.92 Å². The molecule has 1 unspecified atom stereocenters. The summed E-state index contributed by atoms with van der Waals surface area (Å²) in [6.45, 7) is 13.7. The lowest BCUT2D eigenvalue weighted by Crippen LogP contribution is -2.53. The number of amides is 1. The van der Waals surface area contributed by atoms with Crippen molar-refractivity contribution in [3.8, 4) is 0 Å². The molecule has 0 spiro atoms. The summed E-state index contributed by atoms with van der Waals surface area (Å²) < 4.78 is 15.7. The molecule has 1 heterocycles. The Morgan fingerprint density at radius 2 is 1.92 bits per heavy atom. The fraction of sp³-hybridized carbons (Fsp3) is 0.579. The quantitative estimate of drug-likeness (QED) is 0.642. The van der Waals surface area contributed by atoms with Crippen LogP contribution in [0.25, 0.3) is 4.85 Å². The van der Waals surface area contributed by atoms with E-state index in [-0.39, 0.29) is 12.0 Å². The molecular weight excluding hydrogens is 336 g/mol. The number of nitrogens with zero attached hydrogens (tertiary/aromatic N) is 2. The lowest BCUT2D eigenvalue weighted by atomic mass is 9.88. The van der Waals surface area contributed by atoms with Crippen LogP contribution >= 0.6 is 0 Å². The van der Waals surface area contributed by atoms with Gasteiger partial charge in [0.2, 0.25) is 0 Å². The highest BCUT2D eigenvalue weighted by atomic mass is 16.7. The van der Waals surface area contributed by atoms with Crippen molar-refractivity contribution < 1.29 is 24.1 Å². The van der Waals surface area contributed by atoms with E-state index >= 15 is 0 Å². The van der Waals surface area contributed by atoms with Crippen LogP contribution in [-0.4, -0.2) is 49.0 Å². The molecule has 1 aliphatic heterocycles. The molecule has 1 fully saturated rings. The van der Waals surface area contributed by atoms with E-state index in [0.717, 1.165) is 0 Å². The van der Waals surface area contributed by atoms with Gasteiger partial charge in [-0.2, -0.15) is 0 Å². The summed E-state index contributed by atoms with van der Waals surface area (Å²) >= 11 is 0. The number of aliphatic hydroxyl groups excluding tert-OH is 1. The Hall–Kier alpha value is -2.14. The maximum Gasteiger partial charge on any atom is 0.410 e. The van der Waals surface area contributed by atoms with E-state index in [4.69, 9.17) is 20.8 Å². The summed E-state index contributed by atoms with van der Waals surface area (Å²) in [4.78, 5) is 17.1. The van der Waals surface area contributed by atoms with Crippen molar-refractivity contribution in [2.45, 2.75) is 38.8 Å². The van der Waals surface area contributed by atoms with E-state index in [2.05, 4.69) is 4.85 Å². The molecule has 26 heavy (non-hydrogen) atoms. The van der Waals surface area contributed by atoms with Gasteiger partial charge in [0.15, 0.2) is 12.0 Å². The summed E-state index contributed by atoms with van der Waals surface area (Å²) in [5, 5.41) is 10.6. The normalized spacial score (nSPS) is 16.2. The Labute approximate surface area is 154 Å². The van der Waals surface area contributed by atoms with Crippen molar-refractivity contribution >= 4 is 11.8 Å². The molecule has 1 saturated heterocycles. The van der Waals surface area contributed by atoms with Gasteiger partial charge in [-0.15, -0.1) is 0 Å². The molecule has 0 bridgehead atoms. The Balaban J connectivity index is 2.04. The zero-order valence-corrected chi connectivity index (χ0v) is 15.9. The highest BCUT2D eigenvalue weighted by Gasteiger charge is 2.38. The second-order valence-corrected chi connectivity index (χ2v) is 7.32. The van der Waals surface area contributed by atoms with Gasteiger partial charge in [-0.1, -0.05) is 18.2 Å². The molecular formula is C19H26N2O5. The first-order chi connectivity index (χ1) is 12.2. The monoisotopic (exact) mass is 362 g/mol. The number of carbonyl (C=O) groups is 1.